The van der Waals surface area contributed by atoms with Crippen molar-refractivity contribution in [3.8, 4) is 0 Å². The third-order valence-corrected chi connectivity index (χ3v) is 6.29. The summed E-state index contributed by atoms with van der Waals surface area (Å²) in [5, 5.41) is 2.79. The SMILES string of the molecule is Cc1ccccc1CC(=O)Nc1cccc(S(=O)(=O)N(C)c2ccccc2)c1. The van der Waals surface area contributed by atoms with Gasteiger partial charge in [-0.2, -0.15) is 0 Å². The van der Waals surface area contributed by atoms with Crippen molar-refractivity contribution in [1.29, 1.82) is 0 Å². The summed E-state index contributed by atoms with van der Waals surface area (Å²) in [7, 11) is -2.23. The lowest BCUT2D eigenvalue weighted by molar-refractivity contribution is -0.115. The Hall–Kier alpha value is -3.12. The summed E-state index contributed by atoms with van der Waals surface area (Å²) in [6.45, 7) is 1.95. The first-order valence-corrected chi connectivity index (χ1v) is 10.3. The van der Waals surface area contributed by atoms with Crippen molar-refractivity contribution in [1.82, 2.24) is 0 Å². The fraction of sp³-hybridized carbons (Fsp3) is 0.136. The number of carbonyl (C=O) groups is 1. The second kappa shape index (κ2) is 8.27. The molecule has 28 heavy (non-hydrogen) atoms. The Morgan fingerprint density at radius 3 is 2.32 bits per heavy atom. The normalized spacial score (nSPS) is 11.1. The summed E-state index contributed by atoms with van der Waals surface area (Å²) in [5.74, 6) is -0.194. The third kappa shape index (κ3) is 4.40. The molecule has 0 bridgehead atoms. The zero-order valence-corrected chi connectivity index (χ0v) is 16.6. The third-order valence-electron chi connectivity index (χ3n) is 4.51. The molecule has 0 aliphatic rings. The Balaban J connectivity index is 1.78. The van der Waals surface area contributed by atoms with Crippen molar-refractivity contribution in [2.45, 2.75) is 18.2 Å². The molecule has 0 unspecified atom stereocenters. The summed E-state index contributed by atoms with van der Waals surface area (Å²) in [4.78, 5) is 12.5. The molecule has 0 aliphatic carbocycles. The highest BCUT2D eigenvalue weighted by Gasteiger charge is 2.21. The lowest BCUT2D eigenvalue weighted by Gasteiger charge is -2.20. The van der Waals surface area contributed by atoms with Gasteiger partial charge in [0.05, 0.1) is 17.0 Å². The van der Waals surface area contributed by atoms with Gasteiger partial charge in [0.2, 0.25) is 5.91 Å². The van der Waals surface area contributed by atoms with Gasteiger partial charge < -0.3 is 5.32 Å². The van der Waals surface area contributed by atoms with Crippen molar-refractivity contribution >= 4 is 27.3 Å². The van der Waals surface area contributed by atoms with Crippen LogP contribution in [0.5, 0.6) is 0 Å². The molecule has 3 rings (SSSR count). The Bertz CT molecular complexity index is 1080. The van der Waals surface area contributed by atoms with Crippen molar-refractivity contribution in [3.05, 3.63) is 90.0 Å². The van der Waals surface area contributed by atoms with E-state index in [1.807, 2.05) is 37.3 Å². The molecule has 0 radical (unpaired) electrons. The van der Waals surface area contributed by atoms with Crippen LogP contribution in [0.3, 0.4) is 0 Å². The molecular weight excluding hydrogens is 372 g/mol. The molecule has 0 saturated heterocycles. The van der Waals surface area contributed by atoms with E-state index in [2.05, 4.69) is 5.32 Å². The predicted octanol–water partition coefficient (Wildman–Crippen LogP) is 4.00. The number of hydrogen-bond acceptors (Lipinski definition) is 3. The molecule has 1 amide bonds. The number of amides is 1. The van der Waals surface area contributed by atoms with Crippen LogP contribution in [0.2, 0.25) is 0 Å². The lowest BCUT2D eigenvalue weighted by Crippen LogP contribution is -2.26. The van der Waals surface area contributed by atoms with E-state index in [0.29, 0.717) is 11.4 Å². The summed E-state index contributed by atoms with van der Waals surface area (Å²) < 4.78 is 27.1. The number of nitrogens with one attached hydrogen (secondary N) is 1. The zero-order chi connectivity index (χ0) is 20.1. The van der Waals surface area contributed by atoms with Crippen LogP contribution in [0.1, 0.15) is 11.1 Å². The molecule has 0 aliphatic heterocycles. The van der Waals surface area contributed by atoms with Gasteiger partial charge in [-0.05, 0) is 48.4 Å². The molecule has 1 N–H and O–H groups in total. The van der Waals surface area contributed by atoms with Crippen LogP contribution < -0.4 is 9.62 Å². The molecule has 0 saturated carbocycles. The van der Waals surface area contributed by atoms with Gasteiger partial charge >= 0.3 is 0 Å². The van der Waals surface area contributed by atoms with Gasteiger partial charge in [0.25, 0.3) is 10.0 Å². The Morgan fingerprint density at radius 1 is 0.929 bits per heavy atom. The number of carbonyl (C=O) groups excluding carboxylic acids is 1. The van der Waals surface area contributed by atoms with Crippen LogP contribution in [0, 0.1) is 6.92 Å². The summed E-state index contributed by atoms with van der Waals surface area (Å²) in [6.07, 6.45) is 0.230. The number of para-hydroxylation sites is 1. The van der Waals surface area contributed by atoms with E-state index in [9.17, 15) is 13.2 Å². The molecule has 0 fully saturated rings. The quantitative estimate of drug-likeness (QED) is 0.687. The average molecular weight is 394 g/mol. The van der Waals surface area contributed by atoms with E-state index in [4.69, 9.17) is 0 Å². The van der Waals surface area contributed by atoms with E-state index >= 15 is 0 Å². The van der Waals surface area contributed by atoms with Gasteiger partial charge in [-0.3, -0.25) is 9.10 Å². The highest BCUT2D eigenvalue weighted by molar-refractivity contribution is 7.92. The number of sulfonamides is 1. The smallest absolute Gasteiger partial charge is 0.264 e. The average Bonchev–Trinajstić information content (AvgIpc) is 2.70. The molecule has 144 valence electrons. The maximum absolute atomic E-state index is 12.9. The van der Waals surface area contributed by atoms with Gasteiger partial charge in [-0.25, -0.2) is 8.42 Å². The first-order valence-electron chi connectivity index (χ1n) is 8.86. The van der Waals surface area contributed by atoms with Crippen LogP contribution in [0.4, 0.5) is 11.4 Å². The zero-order valence-electron chi connectivity index (χ0n) is 15.8. The lowest BCUT2D eigenvalue weighted by atomic mass is 10.1. The minimum Gasteiger partial charge on any atom is -0.326 e. The maximum Gasteiger partial charge on any atom is 0.264 e. The van der Waals surface area contributed by atoms with E-state index in [-0.39, 0.29) is 17.2 Å². The fourth-order valence-corrected chi connectivity index (χ4v) is 4.10. The summed E-state index contributed by atoms with van der Waals surface area (Å²) in [6, 6.07) is 22.8. The largest absolute Gasteiger partial charge is 0.326 e. The standard InChI is InChI=1S/C22H22N2O3S/c1-17-9-6-7-10-18(17)15-22(25)23-19-11-8-14-21(16-19)28(26,27)24(2)20-12-4-3-5-13-20/h3-14,16H,15H2,1-2H3,(H,23,25). The molecular formula is C22H22N2O3S. The Labute approximate surface area is 165 Å². The van der Waals surface area contributed by atoms with Crippen molar-refractivity contribution in [3.63, 3.8) is 0 Å². The molecule has 0 atom stereocenters. The van der Waals surface area contributed by atoms with Crippen LogP contribution >= 0.6 is 0 Å². The second-order valence-corrected chi connectivity index (χ2v) is 8.46. The van der Waals surface area contributed by atoms with Gasteiger partial charge in [0.15, 0.2) is 0 Å². The van der Waals surface area contributed by atoms with Gasteiger partial charge in [-0.1, -0.05) is 48.5 Å². The molecule has 0 heterocycles. The van der Waals surface area contributed by atoms with E-state index < -0.39 is 10.0 Å². The van der Waals surface area contributed by atoms with E-state index in [0.717, 1.165) is 11.1 Å². The highest BCUT2D eigenvalue weighted by atomic mass is 32.2. The molecule has 3 aromatic carbocycles. The Morgan fingerprint density at radius 2 is 1.61 bits per heavy atom. The molecule has 6 heteroatoms. The summed E-state index contributed by atoms with van der Waals surface area (Å²) >= 11 is 0. The van der Waals surface area contributed by atoms with Crippen LogP contribution in [0.15, 0.2) is 83.8 Å². The van der Waals surface area contributed by atoms with Crippen LogP contribution in [0.25, 0.3) is 0 Å². The summed E-state index contributed by atoms with van der Waals surface area (Å²) in [5.41, 5.74) is 2.99. The van der Waals surface area contributed by atoms with Crippen LogP contribution in [-0.2, 0) is 21.2 Å². The molecule has 3 aromatic rings. The minimum atomic E-state index is -3.73. The second-order valence-electron chi connectivity index (χ2n) is 6.49. The van der Waals surface area contributed by atoms with Gasteiger partial charge in [-0.15, -0.1) is 0 Å². The number of hydrogen-bond donors (Lipinski definition) is 1. The predicted molar refractivity (Wildman–Crippen MR) is 112 cm³/mol. The number of anilines is 2. The van der Waals surface area contributed by atoms with E-state index in [1.165, 1.54) is 23.5 Å². The van der Waals surface area contributed by atoms with Crippen molar-refractivity contribution in [2.24, 2.45) is 0 Å². The fourth-order valence-electron chi connectivity index (χ4n) is 2.86. The number of rotatable bonds is 6. The van der Waals surface area contributed by atoms with Crippen molar-refractivity contribution < 1.29 is 13.2 Å². The topological polar surface area (TPSA) is 66.5 Å². The monoisotopic (exact) mass is 394 g/mol. The van der Waals surface area contributed by atoms with Crippen molar-refractivity contribution in [2.75, 3.05) is 16.7 Å². The highest BCUT2D eigenvalue weighted by Crippen LogP contribution is 2.23. The number of aryl methyl sites for hydroxylation is 1. The number of nitrogens with zero attached hydrogens (tertiary/aromatic N) is 1. The molecule has 0 spiro atoms. The molecule has 0 aromatic heterocycles. The van der Waals surface area contributed by atoms with Gasteiger partial charge in [0.1, 0.15) is 0 Å². The molecule has 5 nitrogen and oxygen atoms in total. The minimum absolute atomic E-state index is 0.118. The first-order chi connectivity index (χ1) is 13.4. The van der Waals surface area contributed by atoms with Crippen LogP contribution in [-0.4, -0.2) is 21.4 Å². The first kappa shape index (κ1) is 19.6. The van der Waals surface area contributed by atoms with E-state index in [1.54, 1.807) is 36.4 Å². The number of benzene rings is 3. The van der Waals surface area contributed by atoms with Gasteiger partial charge in [0, 0.05) is 12.7 Å². The maximum atomic E-state index is 12.9. The Kier molecular flexibility index (Phi) is 5.80.